The average Bonchev–Trinajstić information content (AvgIpc) is 2.17. The second kappa shape index (κ2) is 4.64. The molecule has 1 aromatic rings. The number of ketones is 1. The number of hydrogen-bond acceptors (Lipinski definition) is 2. The van der Waals surface area contributed by atoms with Crippen molar-refractivity contribution in [2.24, 2.45) is 0 Å². The molecule has 1 atom stereocenters. The maximum Gasteiger partial charge on any atom is 0.196 e. The Hall–Kier alpha value is -0.380. The van der Waals surface area contributed by atoms with Gasteiger partial charge in [0.05, 0.1) is 10.6 Å². The lowest BCUT2D eigenvalue weighted by atomic mass is 9.92. The number of benzene rings is 1. The predicted molar refractivity (Wildman–Crippen MR) is 64.4 cm³/mol. The highest BCUT2D eigenvalue weighted by atomic mass is 79.9. The summed E-state index contributed by atoms with van der Waals surface area (Å²) < 4.78 is 0.605. The molecule has 1 unspecified atom stereocenters. The van der Waals surface area contributed by atoms with Crippen molar-refractivity contribution in [1.29, 1.82) is 0 Å². The van der Waals surface area contributed by atoms with E-state index in [1.165, 1.54) is 6.92 Å². The summed E-state index contributed by atoms with van der Waals surface area (Å²) in [5.41, 5.74) is -1.03. The van der Waals surface area contributed by atoms with Gasteiger partial charge in [-0.1, -0.05) is 24.6 Å². The third-order valence-corrected chi connectivity index (χ3v) is 3.34. The zero-order valence-electron chi connectivity index (χ0n) is 8.55. The molecule has 0 aliphatic carbocycles. The Morgan fingerprint density at radius 2 is 2.20 bits per heavy atom. The second-order valence-electron chi connectivity index (χ2n) is 3.55. The fraction of sp³-hybridized carbons (Fsp3) is 0.364. The molecular weight excluding hydrogens is 279 g/mol. The molecule has 4 heteroatoms. The van der Waals surface area contributed by atoms with Crippen molar-refractivity contribution < 1.29 is 9.90 Å². The Morgan fingerprint density at radius 1 is 1.60 bits per heavy atom. The third-order valence-electron chi connectivity index (χ3n) is 2.37. The van der Waals surface area contributed by atoms with E-state index in [0.717, 1.165) is 0 Å². The minimum Gasteiger partial charge on any atom is -0.382 e. The standard InChI is InChI=1S/C11H12BrClO2/c1-3-11(2,15)10(14)9-7(12)5-4-6-8(9)13/h4-6,15H,3H2,1-2H3. The molecule has 15 heavy (non-hydrogen) atoms. The first-order valence-corrected chi connectivity index (χ1v) is 5.78. The van der Waals surface area contributed by atoms with Gasteiger partial charge in [0, 0.05) is 4.47 Å². The van der Waals surface area contributed by atoms with Gasteiger partial charge in [-0.15, -0.1) is 0 Å². The summed E-state index contributed by atoms with van der Waals surface area (Å²) in [6, 6.07) is 5.10. The van der Waals surface area contributed by atoms with Gasteiger partial charge >= 0.3 is 0 Å². The molecule has 1 aromatic carbocycles. The number of carbonyl (C=O) groups excluding carboxylic acids is 1. The van der Waals surface area contributed by atoms with Gasteiger partial charge in [-0.05, 0) is 41.4 Å². The summed E-state index contributed by atoms with van der Waals surface area (Å²) >= 11 is 9.18. The fourth-order valence-electron chi connectivity index (χ4n) is 1.14. The molecule has 0 amide bonds. The highest BCUT2D eigenvalue weighted by Crippen LogP contribution is 2.29. The van der Waals surface area contributed by atoms with Crippen LogP contribution < -0.4 is 0 Å². The van der Waals surface area contributed by atoms with E-state index in [4.69, 9.17) is 11.6 Å². The molecule has 82 valence electrons. The third kappa shape index (κ3) is 2.60. The Bertz CT molecular complexity index is 368. The molecule has 0 radical (unpaired) electrons. The number of rotatable bonds is 3. The smallest absolute Gasteiger partial charge is 0.196 e. The van der Waals surface area contributed by atoms with Crippen LogP contribution in [0.3, 0.4) is 0 Å². The lowest BCUT2D eigenvalue weighted by Crippen LogP contribution is -2.34. The Labute approximate surface area is 102 Å². The van der Waals surface area contributed by atoms with Crippen LogP contribution >= 0.6 is 27.5 Å². The molecule has 0 spiro atoms. The lowest BCUT2D eigenvalue weighted by Gasteiger charge is -2.20. The van der Waals surface area contributed by atoms with Crippen LogP contribution in [0.2, 0.25) is 5.02 Å². The van der Waals surface area contributed by atoms with Gasteiger partial charge in [0.25, 0.3) is 0 Å². The molecule has 0 heterocycles. The van der Waals surface area contributed by atoms with E-state index in [1.54, 1.807) is 25.1 Å². The SMILES string of the molecule is CCC(C)(O)C(=O)c1c(Cl)cccc1Br. The van der Waals surface area contributed by atoms with E-state index in [2.05, 4.69) is 15.9 Å². The summed E-state index contributed by atoms with van der Waals surface area (Å²) in [5, 5.41) is 10.2. The minimum atomic E-state index is -1.37. The van der Waals surface area contributed by atoms with Crippen LogP contribution in [-0.4, -0.2) is 16.5 Å². The minimum absolute atomic E-state index is 0.339. The molecule has 1 rings (SSSR count). The number of halogens is 2. The van der Waals surface area contributed by atoms with Crippen molar-refractivity contribution in [3.63, 3.8) is 0 Å². The first-order chi connectivity index (χ1) is 6.90. The summed E-state index contributed by atoms with van der Waals surface area (Å²) in [6.07, 6.45) is 0.351. The van der Waals surface area contributed by atoms with E-state index in [-0.39, 0.29) is 5.78 Å². The first kappa shape index (κ1) is 12.7. The van der Waals surface area contributed by atoms with E-state index < -0.39 is 5.60 Å². The van der Waals surface area contributed by atoms with Gasteiger partial charge in [0.2, 0.25) is 0 Å². The van der Waals surface area contributed by atoms with Crippen LogP contribution in [0.5, 0.6) is 0 Å². The average molecular weight is 292 g/mol. The second-order valence-corrected chi connectivity index (χ2v) is 4.81. The van der Waals surface area contributed by atoms with Gasteiger partial charge in [-0.3, -0.25) is 4.79 Å². The van der Waals surface area contributed by atoms with E-state index in [9.17, 15) is 9.90 Å². The van der Waals surface area contributed by atoms with Crippen molar-refractivity contribution in [3.8, 4) is 0 Å². The van der Waals surface area contributed by atoms with Crippen LogP contribution in [-0.2, 0) is 0 Å². The molecule has 0 bridgehead atoms. The highest BCUT2D eigenvalue weighted by molar-refractivity contribution is 9.10. The summed E-state index contributed by atoms with van der Waals surface area (Å²) in [6.45, 7) is 3.24. The van der Waals surface area contributed by atoms with Gasteiger partial charge in [0.1, 0.15) is 5.60 Å². The van der Waals surface area contributed by atoms with E-state index >= 15 is 0 Å². The Morgan fingerprint density at radius 3 is 2.67 bits per heavy atom. The first-order valence-electron chi connectivity index (χ1n) is 4.61. The number of Topliss-reactive ketones (excluding diaryl/α,β-unsaturated/α-hetero) is 1. The molecule has 0 aliphatic rings. The molecule has 0 fully saturated rings. The quantitative estimate of drug-likeness (QED) is 0.866. The van der Waals surface area contributed by atoms with E-state index in [1.807, 2.05) is 0 Å². The molecule has 1 N–H and O–H groups in total. The fourth-order valence-corrected chi connectivity index (χ4v) is 2.07. The zero-order valence-corrected chi connectivity index (χ0v) is 10.9. The van der Waals surface area contributed by atoms with Crippen molar-refractivity contribution in [1.82, 2.24) is 0 Å². The van der Waals surface area contributed by atoms with Gasteiger partial charge < -0.3 is 5.11 Å². The van der Waals surface area contributed by atoms with Crippen LogP contribution in [0.1, 0.15) is 30.6 Å². The van der Waals surface area contributed by atoms with Crippen LogP contribution in [0.15, 0.2) is 22.7 Å². The summed E-state index contributed by atoms with van der Waals surface area (Å²) in [7, 11) is 0. The summed E-state index contributed by atoms with van der Waals surface area (Å²) in [4.78, 5) is 12.0. The maximum atomic E-state index is 12.0. The van der Waals surface area contributed by atoms with Crippen LogP contribution in [0.4, 0.5) is 0 Å². The highest BCUT2D eigenvalue weighted by Gasteiger charge is 2.31. The van der Waals surface area contributed by atoms with Crippen molar-refractivity contribution >= 4 is 33.3 Å². The molecular formula is C11H12BrClO2. The monoisotopic (exact) mass is 290 g/mol. The topological polar surface area (TPSA) is 37.3 Å². The zero-order chi connectivity index (χ0) is 11.6. The van der Waals surface area contributed by atoms with Gasteiger partial charge in [-0.25, -0.2) is 0 Å². The predicted octanol–water partition coefficient (Wildman–Crippen LogP) is 3.45. The number of carbonyl (C=O) groups is 1. The van der Waals surface area contributed by atoms with Crippen molar-refractivity contribution in [2.45, 2.75) is 25.9 Å². The number of aliphatic hydroxyl groups is 1. The van der Waals surface area contributed by atoms with Crippen molar-refractivity contribution in [3.05, 3.63) is 33.3 Å². The van der Waals surface area contributed by atoms with Crippen LogP contribution in [0, 0.1) is 0 Å². The molecule has 2 nitrogen and oxygen atoms in total. The molecule has 0 saturated carbocycles. The number of hydrogen-bond donors (Lipinski definition) is 1. The maximum absolute atomic E-state index is 12.0. The Balaban J connectivity index is 3.23. The normalized spacial score (nSPS) is 14.7. The van der Waals surface area contributed by atoms with Crippen molar-refractivity contribution in [2.75, 3.05) is 0 Å². The largest absolute Gasteiger partial charge is 0.382 e. The van der Waals surface area contributed by atoms with E-state index in [0.29, 0.717) is 21.5 Å². The van der Waals surface area contributed by atoms with Gasteiger partial charge in [-0.2, -0.15) is 0 Å². The molecule has 0 aliphatic heterocycles. The molecule has 0 aromatic heterocycles. The lowest BCUT2D eigenvalue weighted by molar-refractivity contribution is 0.0390. The summed E-state index contributed by atoms with van der Waals surface area (Å²) in [5.74, 6) is -0.359. The molecule has 0 saturated heterocycles. The van der Waals surface area contributed by atoms with Crippen LogP contribution in [0.25, 0.3) is 0 Å². The van der Waals surface area contributed by atoms with Gasteiger partial charge in [0.15, 0.2) is 5.78 Å². The Kier molecular flexibility index (Phi) is 3.93.